The molecule has 38 heavy (non-hydrogen) atoms. The molecule has 19 heteroatoms. The summed E-state index contributed by atoms with van der Waals surface area (Å²) in [4.78, 5) is 13.3. The summed E-state index contributed by atoms with van der Waals surface area (Å²) < 4.78 is 83.5. The molecule has 1 atom stereocenters. The number of aliphatic hydroxyl groups is 2. The third-order valence-corrected chi connectivity index (χ3v) is 8.56. The average Bonchev–Trinajstić information content (AvgIpc) is 2.81. The summed E-state index contributed by atoms with van der Waals surface area (Å²) >= 11 is 0. The summed E-state index contributed by atoms with van der Waals surface area (Å²) in [7, 11) is -12.0. The minimum absolute atomic E-state index is 0.00298. The maximum Gasteiger partial charge on any atom is 0.270 e. The average molecular weight is 605 g/mol. The number of anilines is 1. The number of hydrogen-bond donors (Lipinski definition) is 2. The van der Waals surface area contributed by atoms with Gasteiger partial charge in [-0.25, -0.2) is 8.42 Å². The van der Waals surface area contributed by atoms with E-state index in [-0.39, 0.29) is 51.5 Å². The largest absolute Gasteiger partial charge is 0.394 e. The molecule has 16 nitrogen and oxygen atoms in total. The Balaban J connectivity index is 2.41. The van der Waals surface area contributed by atoms with E-state index >= 15 is 0 Å². The number of nitro benzene ring substituents is 1. The maximum atomic E-state index is 13.7. The van der Waals surface area contributed by atoms with Crippen LogP contribution in [0.1, 0.15) is 0 Å². The number of nitrogens with zero attached hydrogens (tertiary/aromatic N) is 4. The van der Waals surface area contributed by atoms with Gasteiger partial charge in [-0.2, -0.15) is 21.1 Å². The topological polar surface area (TPSA) is 214 Å². The van der Waals surface area contributed by atoms with Crippen LogP contribution in [0.4, 0.5) is 11.4 Å². The van der Waals surface area contributed by atoms with Crippen LogP contribution in [0.3, 0.4) is 0 Å². The van der Waals surface area contributed by atoms with Gasteiger partial charge in [-0.1, -0.05) is 0 Å². The highest BCUT2D eigenvalue weighted by atomic mass is 32.2. The molecule has 1 aliphatic heterocycles. The maximum absolute atomic E-state index is 13.7. The third-order valence-electron chi connectivity index (χ3n) is 5.44. The normalized spacial score (nSPS) is 16.8. The molecule has 0 bridgehead atoms. The van der Waals surface area contributed by atoms with E-state index in [4.69, 9.17) is 13.5 Å². The van der Waals surface area contributed by atoms with Crippen LogP contribution in [0.15, 0.2) is 23.1 Å². The standard InChI is InChI=1S/C19H32N4O12S3/c1-36(28,29)34-11-9-21(10-12-35-37(2,30)31)18-4-3-16(23(26)27)13-19(18)38(32,33)22-7-5-20(6-8-22)14-17(25)15-24/h3-4,13,17,24-25H,5-12,14-15H2,1-2H3. The number of rotatable bonds is 15. The van der Waals surface area contributed by atoms with Crippen LogP contribution >= 0.6 is 0 Å². The highest BCUT2D eigenvalue weighted by molar-refractivity contribution is 7.89. The zero-order valence-corrected chi connectivity index (χ0v) is 23.3. The predicted molar refractivity (Wildman–Crippen MR) is 135 cm³/mol. The van der Waals surface area contributed by atoms with Gasteiger partial charge in [0.25, 0.3) is 25.9 Å². The van der Waals surface area contributed by atoms with Gasteiger partial charge in [-0.15, -0.1) is 0 Å². The Morgan fingerprint density at radius 1 is 1.00 bits per heavy atom. The summed E-state index contributed by atoms with van der Waals surface area (Å²) in [6.07, 6.45) is 0.661. The molecular formula is C19H32N4O12S3. The van der Waals surface area contributed by atoms with E-state index < -0.39 is 71.7 Å². The summed E-state index contributed by atoms with van der Waals surface area (Å²) in [5, 5.41) is 30.1. The molecule has 1 heterocycles. The van der Waals surface area contributed by atoms with Gasteiger partial charge in [-0.3, -0.25) is 23.4 Å². The summed E-state index contributed by atoms with van der Waals surface area (Å²) in [6, 6.07) is 3.14. The van der Waals surface area contributed by atoms with Crippen molar-refractivity contribution >= 4 is 41.6 Å². The number of aliphatic hydroxyl groups excluding tert-OH is 2. The summed E-state index contributed by atoms with van der Waals surface area (Å²) in [5.74, 6) is 0. The van der Waals surface area contributed by atoms with E-state index in [0.717, 1.165) is 28.9 Å². The zero-order chi connectivity index (χ0) is 28.7. The van der Waals surface area contributed by atoms with Crippen molar-refractivity contribution in [3.63, 3.8) is 0 Å². The molecule has 1 aliphatic rings. The van der Waals surface area contributed by atoms with Crippen molar-refractivity contribution in [3.05, 3.63) is 28.3 Å². The van der Waals surface area contributed by atoms with Crippen molar-refractivity contribution in [2.24, 2.45) is 0 Å². The van der Waals surface area contributed by atoms with Gasteiger partial charge in [0.05, 0.1) is 49.0 Å². The molecule has 1 fully saturated rings. The van der Waals surface area contributed by atoms with E-state index in [0.29, 0.717) is 0 Å². The number of sulfonamides is 1. The van der Waals surface area contributed by atoms with Gasteiger partial charge in [0, 0.05) is 57.9 Å². The van der Waals surface area contributed by atoms with Gasteiger partial charge in [-0.05, 0) is 6.07 Å². The van der Waals surface area contributed by atoms with Crippen LogP contribution in [0.25, 0.3) is 0 Å². The second-order valence-electron chi connectivity index (χ2n) is 8.49. The number of non-ortho nitro benzene ring substituents is 1. The Morgan fingerprint density at radius 3 is 1.97 bits per heavy atom. The van der Waals surface area contributed by atoms with Crippen molar-refractivity contribution in [3.8, 4) is 0 Å². The van der Waals surface area contributed by atoms with Crippen molar-refractivity contribution in [2.45, 2.75) is 11.0 Å². The van der Waals surface area contributed by atoms with Gasteiger partial charge >= 0.3 is 0 Å². The van der Waals surface area contributed by atoms with Crippen LogP contribution in [-0.2, 0) is 38.6 Å². The van der Waals surface area contributed by atoms with Gasteiger partial charge < -0.3 is 15.1 Å². The first-order valence-corrected chi connectivity index (χ1v) is 16.3. The monoisotopic (exact) mass is 604 g/mol. The lowest BCUT2D eigenvalue weighted by molar-refractivity contribution is -0.385. The first-order chi connectivity index (χ1) is 17.5. The molecule has 1 unspecified atom stereocenters. The Kier molecular flexibility index (Phi) is 11.4. The Bertz CT molecular complexity index is 1240. The van der Waals surface area contributed by atoms with Crippen LogP contribution < -0.4 is 4.90 Å². The van der Waals surface area contributed by atoms with Crippen molar-refractivity contribution in [1.82, 2.24) is 9.21 Å². The van der Waals surface area contributed by atoms with Crippen LogP contribution in [0.5, 0.6) is 0 Å². The number of benzene rings is 1. The van der Waals surface area contributed by atoms with E-state index in [1.54, 1.807) is 4.90 Å². The zero-order valence-electron chi connectivity index (χ0n) is 20.9. The van der Waals surface area contributed by atoms with E-state index in [1.807, 2.05) is 0 Å². The second kappa shape index (κ2) is 13.4. The molecule has 1 aromatic carbocycles. The third kappa shape index (κ3) is 9.97. The molecule has 2 rings (SSSR count). The van der Waals surface area contributed by atoms with E-state index in [1.165, 1.54) is 11.0 Å². The highest BCUT2D eigenvalue weighted by Gasteiger charge is 2.33. The lowest BCUT2D eigenvalue weighted by Gasteiger charge is -2.35. The Hall–Kier alpha value is -1.97. The fourth-order valence-electron chi connectivity index (χ4n) is 3.68. The first-order valence-electron chi connectivity index (χ1n) is 11.3. The SMILES string of the molecule is CS(=O)(=O)OCCN(CCOS(C)(=O)=O)c1ccc([N+](=O)[O-])cc1S(=O)(=O)N1CCN(CC(O)CO)CC1. The van der Waals surface area contributed by atoms with Gasteiger partial charge in [0.15, 0.2) is 0 Å². The minimum Gasteiger partial charge on any atom is -0.394 e. The predicted octanol–water partition coefficient (Wildman–Crippen LogP) is -1.99. The highest BCUT2D eigenvalue weighted by Crippen LogP contribution is 2.32. The Morgan fingerprint density at radius 2 is 1.53 bits per heavy atom. The second-order valence-corrected chi connectivity index (χ2v) is 13.7. The molecular weight excluding hydrogens is 572 g/mol. The first kappa shape index (κ1) is 32.2. The number of β-amino-alcohol motifs (C(OH)–C–C–N with tert-alkyl or cyclic N) is 1. The fraction of sp³-hybridized carbons (Fsp3) is 0.684. The fourth-order valence-corrected chi connectivity index (χ4v) is 6.09. The molecule has 0 spiro atoms. The summed E-state index contributed by atoms with van der Waals surface area (Å²) in [6.45, 7) is -1.11. The van der Waals surface area contributed by atoms with Crippen molar-refractivity contribution in [1.29, 1.82) is 0 Å². The smallest absolute Gasteiger partial charge is 0.270 e. The lowest BCUT2D eigenvalue weighted by atomic mass is 10.2. The van der Waals surface area contributed by atoms with Crippen molar-refractivity contribution in [2.75, 3.05) is 83.0 Å². The molecule has 0 aromatic heterocycles. The number of piperazine rings is 1. The minimum atomic E-state index is -4.33. The molecule has 0 amide bonds. The molecule has 1 aromatic rings. The quantitative estimate of drug-likeness (QED) is 0.126. The number of nitro groups is 1. The Labute approximate surface area is 221 Å². The van der Waals surface area contributed by atoms with E-state index in [9.17, 15) is 40.5 Å². The molecule has 1 saturated heterocycles. The number of hydrogen-bond acceptors (Lipinski definition) is 14. The molecule has 0 aliphatic carbocycles. The van der Waals surface area contributed by atoms with Crippen molar-refractivity contribution < 1.29 is 48.8 Å². The lowest BCUT2D eigenvalue weighted by Crippen LogP contribution is -2.50. The van der Waals surface area contributed by atoms with Crippen LogP contribution in [-0.4, -0.2) is 134 Å². The molecule has 0 radical (unpaired) electrons. The van der Waals surface area contributed by atoms with Crippen LogP contribution in [0, 0.1) is 10.1 Å². The molecule has 218 valence electrons. The van der Waals surface area contributed by atoms with Gasteiger partial charge in [0.1, 0.15) is 4.90 Å². The molecule has 2 N–H and O–H groups in total. The summed E-state index contributed by atoms with van der Waals surface area (Å²) in [5.41, 5.74) is -0.542. The van der Waals surface area contributed by atoms with Gasteiger partial charge in [0.2, 0.25) is 10.0 Å². The van der Waals surface area contributed by atoms with Crippen LogP contribution in [0.2, 0.25) is 0 Å². The van der Waals surface area contributed by atoms with E-state index in [2.05, 4.69) is 0 Å². The molecule has 0 saturated carbocycles.